The van der Waals surface area contributed by atoms with E-state index in [0.717, 1.165) is 6.07 Å². The number of carbonyl (C=O) groups is 1. The van der Waals surface area contributed by atoms with Gasteiger partial charge in [0.2, 0.25) is 0 Å². The number of methoxy groups -OCH3 is 1. The molecule has 1 aliphatic rings. The number of amides is 1. The molecule has 0 fully saturated rings. The normalized spacial score (nSPS) is 15.3. The van der Waals surface area contributed by atoms with E-state index in [9.17, 15) is 13.6 Å². The van der Waals surface area contributed by atoms with Crippen LogP contribution in [0.2, 0.25) is 0 Å². The lowest BCUT2D eigenvalue weighted by Gasteiger charge is -2.25. The number of anilines is 1. The monoisotopic (exact) mass is 428 g/mol. The minimum absolute atomic E-state index is 0.0527. The van der Waals surface area contributed by atoms with E-state index in [1.54, 1.807) is 26.3 Å². The maximum Gasteiger partial charge on any atom is 0.261 e. The van der Waals surface area contributed by atoms with Gasteiger partial charge in [0, 0.05) is 56.0 Å². The minimum Gasteiger partial charge on any atom is -0.454 e. The fraction of sp³-hybridized carbons (Fsp3) is 0.182. The maximum atomic E-state index is 14.1. The molecule has 7 nitrogen and oxygen atoms in total. The average Bonchev–Trinajstić information content (AvgIpc) is 2.73. The van der Waals surface area contributed by atoms with Crippen LogP contribution in [0.4, 0.5) is 14.5 Å². The lowest BCUT2D eigenvalue weighted by molar-refractivity contribution is -0.123. The number of nitrogens with zero attached hydrogens (tertiary/aromatic N) is 1. The highest BCUT2D eigenvalue weighted by Gasteiger charge is 2.29. The second kappa shape index (κ2) is 9.40. The Morgan fingerprint density at radius 1 is 1.19 bits per heavy atom. The van der Waals surface area contributed by atoms with Crippen molar-refractivity contribution in [1.29, 1.82) is 5.41 Å². The summed E-state index contributed by atoms with van der Waals surface area (Å²) in [7, 11) is 3.12. The van der Waals surface area contributed by atoms with Crippen molar-refractivity contribution >= 4 is 22.9 Å². The van der Waals surface area contributed by atoms with E-state index < -0.39 is 11.6 Å². The zero-order chi connectivity index (χ0) is 22.5. The number of nitrogens with one attached hydrogen (secondary N) is 2. The van der Waals surface area contributed by atoms with Crippen molar-refractivity contribution in [2.24, 2.45) is 0 Å². The van der Waals surface area contributed by atoms with Gasteiger partial charge in [0.05, 0.1) is 17.9 Å². The van der Waals surface area contributed by atoms with Crippen molar-refractivity contribution in [1.82, 2.24) is 10.2 Å². The first-order valence-electron chi connectivity index (χ1n) is 9.35. The fourth-order valence-electron chi connectivity index (χ4n) is 2.96. The molecular weight excluding hydrogens is 406 g/mol. The molecule has 0 unspecified atom stereocenters. The van der Waals surface area contributed by atoms with Crippen LogP contribution in [-0.4, -0.2) is 43.8 Å². The molecule has 4 N–H and O–H groups in total. The highest BCUT2D eigenvalue weighted by molar-refractivity contribution is 6.41. The van der Waals surface area contributed by atoms with Gasteiger partial charge in [-0.15, -0.1) is 0 Å². The number of halogens is 2. The van der Waals surface area contributed by atoms with Crippen LogP contribution in [0, 0.1) is 17.0 Å². The molecule has 1 aliphatic heterocycles. The molecule has 0 aromatic heterocycles. The molecule has 3 rings (SSSR count). The van der Waals surface area contributed by atoms with E-state index in [1.807, 2.05) is 0 Å². The summed E-state index contributed by atoms with van der Waals surface area (Å²) in [5.41, 5.74) is 7.14. The Bertz CT molecular complexity index is 1080. The third kappa shape index (κ3) is 4.89. The zero-order valence-corrected chi connectivity index (χ0v) is 17.0. The Kier molecular flexibility index (Phi) is 6.66. The lowest BCUT2D eigenvalue weighted by atomic mass is 9.92. The van der Waals surface area contributed by atoms with Gasteiger partial charge in [-0.05, 0) is 30.3 Å². The molecular formula is C22H22F2N4O3. The first kappa shape index (κ1) is 22.0. The van der Waals surface area contributed by atoms with Crippen LogP contribution in [-0.2, 0) is 9.53 Å². The van der Waals surface area contributed by atoms with E-state index >= 15 is 0 Å². The van der Waals surface area contributed by atoms with Crippen LogP contribution < -0.4 is 15.8 Å². The summed E-state index contributed by atoms with van der Waals surface area (Å²) in [6, 6.07) is 7.62. The van der Waals surface area contributed by atoms with Gasteiger partial charge in [-0.1, -0.05) is 0 Å². The fourth-order valence-corrected chi connectivity index (χ4v) is 2.96. The van der Waals surface area contributed by atoms with Crippen LogP contribution in [0.5, 0.6) is 11.5 Å². The molecule has 0 saturated heterocycles. The van der Waals surface area contributed by atoms with E-state index in [0.29, 0.717) is 36.0 Å². The van der Waals surface area contributed by atoms with Gasteiger partial charge in [-0.2, -0.15) is 0 Å². The topological polar surface area (TPSA) is 101 Å². The molecule has 0 spiro atoms. The molecule has 0 radical (unpaired) electrons. The van der Waals surface area contributed by atoms with Crippen molar-refractivity contribution in [2.75, 3.05) is 33.0 Å². The number of rotatable bonds is 7. The first-order valence-corrected chi connectivity index (χ1v) is 9.35. The Balaban J connectivity index is 2.00. The van der Waals surface area contributed by atoms with Gasteiger partial charge in [0.15, 0.2) is 11.6 Å². The van der Waals surface area contributed by atoms with Crippen LogP contribution in [0.3, 0.4) is 0 Å². The number of hydrogen-bond donors (Lipinski definition) is 3. The van der Waals surface area contributed by atoms with Gasteiger partial charge in [-0.25, -0.2) is 8.78 Å². The van der Waals surface area contributed by atoms with Gasteiger partial charge in [0.25, 0.3) is 5.91 Å². The van der Waals surface area contributed by atoms with Crippen molar-refractivity contribution in [2.45, 2.75) is 0 Å². The van der Waals surface area contributed by atoms with Crippen molar-refractivity contribution in [3.8, 4) is 11.5 Å². The second-order valence-corrected chi connectivity index (χ2v) is 6.77. The van der Waals surface area contributed by atoms with Gasteiger partial charge >= 0.3 is 0 Å². The molecule has 2 aromatic rings. The maximum absolute atomic E-state index is 14.1. The Labute approximate surface area is 178 Å². The van der Waals surface area contributed by atoms with E-state index in [-0.39, 0.29) is 28.7 Å². The molecule has 0 aliphatic carbocycles. The number of hydrogen-bond acceptors (Lipinski definition) is 6. The summed E-state index contributed by atoms with van der Waals surface area (Å²) in [5.74, 6) is -1.95. The summed E-state index contributed by atoms with van der Waals surface area (Å²) in [6.07, 6.45) is 2.94. The second-order valence-electron chi connectivity index (χ2n) is 6.77. The molecule has 1 amide bonds. The number of likely N-dealkylation sites (N-methyl/N-ethyl adjacent to an activating group) is 1. The summed E-state index contributed by atoms with van der Waals surface area (Å²) in [6.45, 7) is 0.889. The average molecular weight is 428 g/mol. The van der Waals surface area contributed by atoms with Gasteiger partial charge < -0.3 is 25.4 Å². The number of nitrogen functional groups attached to an aromatic ring is 1. The Morgan fingerprint density at radius 2 is 1.94 bits per heavy atom. The molecule has 0 bridgehead atoms. The first-order chi connectivity index (χ1) is 14.8. The zero-order valence-electron chi connectivity index (χ0n) is 17.0. The molecule has 1 heterocycles. The van der Waals surface area contributed by atoms with Crippen LogP contribution in [0.15, 0.2) is 54.4 Å². The van der Waals surface area contributed by atoms with Crippen molar-refractivity contribution < 1.29 is 23.0 Å². The highest BCUT2D eigenvalue weighted by atomic mass is 19.1. The van der Waals surface area contributed by atoms with Crippen molar-refractivity contribution in [3.05, 3.63) is 71.6 Å². The molecule has 0 atom stereocenters. The summed E-state index contributed by atoms with van der Waals surface area (Å²) < 4.78 is 38.0. The smallest absolute Gasteiger partial charge is 0.261 e. The number of nitrogens with two attached hydrogens (primary N) is 1. The lowest BCUT2D eigenvalue weighted by Crippen LogP contribution is -2.33. The third-order valence-electron chi connectivity index (χ3n) is 4.52. The summed E-state index contributed by atoms with van der Waals surface area (Å²) >= 11 is 0. The number of benzene rings is 2. The van der Waals surface area contributed by atoms with Crippen molar-refractivity contribution in [3.63, 3.8) is 0 Å². The Morgan fingerprint density at radius 3 is 2.65 bits per heavy atom. The van der Waals surface area contributed by atoms with E-state index in [1.165, 1.54) is 29.4 Å². The SMILES string of the molecule is COCCN/C=C1\C(=N)C(c2cc(N)ccc2Oc2ccc(F)cc2F)=CN(C)C1=O. The summed E-state index contributed by atoms with van der Waals surface area (Å²) in [4.78, 5) is 13.9. The quantitative estimate of drug-likeness (QED) is 0.357. The molecule has 2 aromatic carbocycles. The number of ether oxygens (including phenoxy) is 2. The molecule has 162 valence electrons. The van der Waals surface area contributed by atoms with E-state index in [4.69, 9.17) is 20.6 Å². The summed E-state index contributed by atoms with van der Waals surface area (Å²) in [5, 5.41) is 11.5. The molecule has 0 saturated carbocycles. The van der Waals surface area contributed by atoms with Gasteiger partial charge in [-0.3, -0.25) is 10.2 Å². The predicted octanol–water partition coefficient (Wildman–Crippen LogP) is 3.29. The van der Waals surface area contributed by atoms with Crippen LogP contribution in [0.1, 0.15) is 5.56 Å². The van der Waals surface area contributed by atoms with Crippen LogP contribution in [0.25, 0.3) is 5.57 Å². The third-order valence-corrected chi connectivity index (χ3v) is 4.52. The number of allylic oxidation sites excluding steroid dienone is 1. The standard InChI is InChI=1S/C22H22F2N4O3/c1-28-12-17(21(26)16(22(28)29)11-27-7-8-30-2)15-10-14(25)4-6-19(15)31-20-5-3-13(23)9-18(20)24/h3-6,9-12,26-27H,7-8,25H2,1-2H3/b16-11+,26-21?. The molecule has 9 heteroatoms. The molecule has 31 heavy (non-hydrogen) atoms. The van der Waals surface area contributed by atoms with Crippen LogP contribution >= 0.6 is 0 Å². The van der Waals surface area contributed by atoms with E-state index in [2.05, 4.69) is 5.32 Å². The largest absolute Gasteiger partial charge is 0.454 e. The minimum atomic E-state index is -0.870. The Hall–Kier alpha value is -3.72. The predicted molar refractivity (Wildman–Crippen MR) is 114 cm³/mol. The highest BCUT2D eigenvalue weighted by Crippen LogP contribution is 2.36. The van der Waals surface area contributed by atoms with Gasteiger partial charge in [0.1, 0.15) is 11.6 Å². The number of carbonyl (C=O) groups excluding carboxylic acids is 1.